The molecule has 1 aromatic heterocycles. The Hall–Kier alpha value is -3.28. The van der Waals surface area contributed by atoms with Crippen molar-refractivity contribution in [1.29, 1.82) is 0 Å². The van der Waals surface area contributed by atoms with Crippen LogP contribution in [0.2, 0.25) is 0 Å². The molecule has 6 heteroatoms. The first kappa shape index (κ1) is 17.5. The fraction of sp³-hybridized carbons (Fsp3) is 0.200. The van der Waals surface area contributed by atoms with E-state index in [1.54, 1.807) is 20.4 Å². The van der Waals surface area contributed by atoms with Crippen molar-refractivity contribution >= 4 is 5.96 Å². The lowest BCUT2D eigenvalue weighted by atomic mass is 10.2. The molecule has 134 valence electrons. The second-order valence-corrected chi connectivity index (χ2v) is 5.60. The van der Waals surface area contributed by atoms with Crippen LogP contribution in [0, 0.1) is 0 Å². The number of nitrogens with zero attached hydrogens (tertiary/aromatic N) is 2. The first-order valence-electron chi connectivity index (χ1n) is 8.36. The monoisotopic (exact) mass is 350 g/mol. The van der Waals surface area contributed by atoms with Gasteiger partial charge in [-0.15, -0.1) is 0 Å². The summed E-state index contributed by atoms with van der Waals surface area (Å²) in [6, 6.07) is 17.7. The lowest BCUT2D eigenvalue weighted by Gasteiger charge is -2.13. The summed E-state index contributed by atoms with van der Waals surface area (Å²) in [5.74, 6) is 2.14. The van der Waals surface area contributed by atoms with Crippen LogP contribution in [0.5, 0.6) is 5.75 Å². The third-order valence-corrected chi connectivity index (χ3v) is 3.87. The Morgan fingerprint density at radius 1 is 1.04 bits per heavy atom. The average Bonchev–Trinajstić information content (AvgIpc) is 3.18. The van der Waals surface area contributed by atoms with Gasteiger partial charge in [0.05, 0.1) is 19.3 Å². The zero-order valence-corrected chi connectivity index (χ0v) is 14.9. The molecule has 0 saturated carbocycles. The molecule has 0 aliphatic rings. The molecule has 0 amide bonds. The highest BCUT2D eigenvalue weighted by Gasteiger charge is 2.07. The Balaban J connectivity index is 1.55. The molecule has 0 radical (unpaired) electrons. The molecule has 2 N–H and O–H groups in total. The van der Waals surface area contributed by atoms with E-state index in [9.17, 15) is 0 Å². The molecule has 0 aliphatic carbocycles. The number of benzene rings is 2. The van der Waals surface area contributed by atoms with Crippen LogP contribution >= 0.6 is 0 Å². The highest BCUT2D eigenvalue weighted by Crippen LogP contribution is 2.18. The molecule has 0 atom stereocenters. The van der Waals surface area contributed by atoms with Gasteiger partial charge in [0.1, 0.15) is 12.0 Å². The van der Waals surface area contributed by atoms with Crippen LogP contribution in [-0.4, -0.2) is 25.1 Å². The summed E-state index contributed by atoms with van der Waals surface area (Å²) in [7, 11) is 3.40. The van der Waals surface area contributed by atoms with Gasteiger partial charge in [0.2, 0.25) is 5.89 Å². The van der Waals surface area contributed by atoms with E-state index in [1.807, 2.05) is 54.6 Å². The number of nitrogens with one attached hydrogen (secondary N) is 2. The fourth-order valence-electron chi connectivity index (χ4n) is 2.52. The van der Waals surface area contributed by atoms with Crippen LogP contribution in [-0.2, 0) is 13.1 Å². The van der Waals surface area contributed by atoms with E-state index in [0.717, 1.165) is 22.6 Å². The molecular weight excluding hydrogens is 328 g/mol. The summed E-state index contributed by atoms with van der Waals surface area (Å²) in [6.45, 7) is 1.12. The number of hydrogen-bond acceptors (Lipinski definition) is 4. The number of rotatable bonds is 6. The number of guanidine groups is 1. The van der Waals surface area contributed by atoms with Crippen LogP contribution in [0.15, 0.2) is 70.3 Å². The summed E-state index contributed by atoms with van der Waals surface area (Å²) in [6.07, 6.45) is 1.66. The van der Waals surface area contributed by atoms with E-state index in [1.165, 1.54) is 0 Å². The van der Waals surface area contributed by atoms with Gasteiger partial charge >= 0.3 is 0 Å². The molecule has 3 aromatic rings. The molecule has 2 aromatic carbocycles. The second-order valence-electron chi connectivity index (χ2n) is 5.60. The molecular formula is C20H22N4O2. The molecule has 0 spiro atoms. The smallest absolute Gasteiger partial charge is 0.226 e. The molecule has 0 saturated heterocycles. The van der Waals surface area contributed by atoms with Crippen molar-refractivity contribution in [1.82, 2.24) is 15.6 Å². The predicted octanol–water partition coefficient (Wildman–Crippen LogP) is 3.22. The van der Waals surface area contributed by atoms with E-state index in [2.05, 4.69) is 20.6 Å². The Morgan fingerprint density at radius 3 is 2.54 bits per heavy atom. The van der Waals surface area contributed by atoms with Crippen LogP contribution < -0.4 is 15.4 Å². The predicted molar refractivity (Wildman–Crippen MR) is 102 cm³/mol. The molecule has 3 rings (SSSR count). The summed E-state index contributed by atoms with van der Waals surface area (Å²) in [4.78, 5) is 8.73. The largest absolute Gasteiger partial charge is 0.496 e. The second kappa shape index (κ2) is 8.71. The van der Waals surface area contributed by atoms with Gasteiger partial charge in [-0.05, 0) is 18.2 Å². The lowest BCUT2D eigenvalue weighted by molar-refractivity contribution is 0.409. The van der Waals surface area contributed by atoms with Crippen molar-refractivity contribution in [2.45, 2.75) is 13.1 Å². The van der Waals surface area contributed by atoms with Crippen LogP contribution in [0.3, 0.4) is 0 Å². The third-order valence-electron chi connectivity index (χ3n) is 3.87. The van der Waals surface area contributed by atoms with Gasteiger partial charge in [-0.1, -0.05) is 36.4 Å². The number of aromatic nitrogens is 1. The number of methoxy groups -OCH3 is 1. The lowest BCUT2D eigenvalue weighted by Crippen LogP contribution is -2.36. The average molecular weight is 350 g/mol. The maximum absolute atomic E-state index is 5.55. The van der Waals surface area contributed by atoms with Gasteiger partial charge in [0.15, 0.2) is 5.96 Å². The van der Waals surface area contributed by atoms with Gasteiger partial charge < -0.3 is 19.8 Å². The zero-order chi connectivity index (χ0) is 18.2. The summed E-state index contributed by atoms with van der Waals surface area (Å²) < 4.78 is 10.9. The minimum absolute atomic E-state index is 0.516. The zero-order valence-electron chi connectivity index (χ0n) is 14.9. The Kier molecular flexibility index (Phi) is 5.88. The van der Waals surface area contributed by atoms with Crippen LogP contribution in [0.1, 0.15) is 11.3 Å². The molecule has 0 unspecified atom stereocenters. The van der Waals surface area contributed by atoms with Crippen molar-refractivity contribution in [3.63, 3.8) is 0 Å². The summed E-state index contributed by atoms with van der Waals surface area (Å²) in [5, 5.41) is 6.50. The van der Waals surface area contributed by atoms with Crippen molar-refractivity contribution in [2.24, 2.45) is 4.99 Å². The Labute approximate surface area is 152 Å². The van der Waals surface area contributed by atoms with Gasteiger partial charge in [-0.25, -0.2) is 4.98 Å². The quantitative estimate of drug-likeness (QED) is 0.528. The van der Waals surface area contributed by atoms with Crippen LogP contribution in [0.25, 0.3) is 11.5 Å². The van der Waals surface area contributed by atoms with E-state index in [0.29, 0.717) is 24.9 Å². The van der Waals surface area contributed by atoms with E-state index < -0.39 is 0 Å². The van der Waals surface area contributed by atoms with E-state index in [4.69, 9.17) is 9.15 Å². The van der Waals surface area contributed by atoms with Crippen molar-refractivity contribution < 1.29 is 9.15 Å². The van der Waals surface area contributed by atoms with Crippen molar-refractivity contribution in [3.05, 3.63) is 72.1 Å². The first-order valence-corrected chi connectivity index (χ1v) is 8.36. The number of oxazole rings is 1. The Morgan fingerprint density at radius 2 is 1.77 bits per heavy atom. The maximum atomic E-state index is 5.55. The summed E-state index contributed by atoms with van der Waals surface area (Å²) in [5.41, 5.74) is 2.83. The summed E-state index contributed by atoms with van der Waals surface area (Å²) >= 11 is 0. The van der Waals surface area contributed by atoms with Crippen LogP contribution in [0.4, 0.5) is 0 Å². The normalized spacial score (nSPS) is 11.2. The highest BCUT2D eigenvalue weighted by atomic mass is 16.5. The minimum atomic E-state index is 0.516. The molecule has 1 heterocycles. The molecule has 0 bridgehead atoms. The number of ether oxygens (including phenoxy) is 1. The van der Waals surface area contributed by atoms with Crippen molar-refractivity contribution in [2.75, 3.05) is 14.2 Å². The third kappa shape index (κ3) is 4.42. The fourth-order valence-corrected chi connectivity index (χ4v) is 2.52. The standard InChI is InChI=1S/C20H22N4O2/c1-21-20(22-12-16-10-6-7-11-18(16)25-2)23-13-17-14-26-19(24-17)15-8-4-3-5-9-15/h3-11,14H,12-13H2,1-2H3,(H2,21,22,23). The van der Waals surface area contributed by atoms with Gasteiger partial charge in [-0.3, -0.25) is 4.99 Å². The first-order chi connectivity index (χ1) is 12.8. The molecule has 0 aliphatic heterocycles. The van der Waals surface area contributed by atoms with E-state index >= 15 is 0 Å². The molecule has 6 nitrogen and oxygen atoms in total. The Bertz CT molecular complexity index is 859. The van der Waals surface area contributed by atoms with Gasteiger partial charge in [-0.2, -0.15) is 0 Å². The van der Waals surface area contributed by atoms with E-state index in [-0.39, 0.29) is 0 Å². The minimum Gasteiger partial charge on any atom is -0.496 e. The molecule has 26 heavy (non-hydrogen) atoms. The van der Waals surface area contributed by atoms with Gasteiger partial charge in [0.25, 0.3) is 0 Å². The number of para-hydroxylation sites is 1. The van der Waals surface area contributed by atoms with Crippen molar-refractivity contribution in [3.8, 4) is 17.2 Å². The maximum Gasteiger partial charge on any atom is 0.226 e. The topological polar surface area (TPSA) is 71.7 Å². The SMILES string of the molecule is CN=C(NCc1coc(-c2ccccc2)n1)NCc1ccccc1OC. The highest BCUT2D eigenvalue weighted by molar-refractivity contribution is 5.79. The molecule has 0 fully saturated rings. The number of hydrogen-bond donors (Lipinski definition) is 2. The number of aliphatic imine (C=N–C) groups is 1. The van der Waals surface area contributed by atoms with Gasteiger partial charge in [0, 0.05) is 24.7 Å².